The third-order valence-electron chi connectivity index (χ3n) is 0.530. The zero-order valence-corrected chi connectivity index (χ0v) is 6.06. The lowest BCUT2D eigenvalue weighted by Gasteiger charge is -2.17. The molecule has 0 atom stereocenters. The van der Waals surface area contributed by atoms with E-state index in [1.807, 2.05) is 26.8 Å². The lowest BCUT2D eigenvalue weighted by atomic mass is 10.2. The molecule has 1 N–H and O–H groups in total. The molecule has 52 valence electrons. The Labute approximate surface area is 55.6 Å². The van der Waals surface area contributed by atoms with Crippen LogP contribution in [0.4, 0.5) is 0 Å². The molecule has 0 bridgehead atoms. The van der Waals surface area contributed by atoms with Crippen LogP contribution in [0.25, 0.3) is 0 Å². The minimum Gasteiger partial charge on any atom is -0.295 e. The van der Waals surface area contributed by atoms with Gasteiger partial charge in [0.15, 0.2) is 0 Å². The second-order valence-corrected chi connectivity index (χ2v) is 2.69. The van der Waals surface area contributed by atoms with Gasteiger partial charge in [0.2, 0.25) is 0 Å². The van der Waals surface area contributed by atoms with Crippen molar-refractivity contribution in [3.63, 3.8) is 0 Å². The fraction of sp³-hybridized carbons (Fsp3) is 0.833. The molecule has 3 heteroatoms. The predicted octanol–water partition coefficient (Wildman–Crippen LogP) is 0.830. The average Bonchev–Trinajstić information content (AvgIpc) is 1.63. The Hall–Kier alpha value is -0.590. The maximum Gasteiger partial charge on any atom is 0.108 e. The van der Waals surface area contributed by atoms with E-state index in [2.05, 4.69) is 5.48 Å². The molecule has 0 unspecified atom stereocenters. The van der Waals surface area contributed by atoms with Gasteiger partial charge in [0.05, 0.1) is 11.7 Å². The molecule has 0 saturated carbocycles. The number of nitrogens with zero attached hydrogens (tertiary/aromatic N) is 1. The molecular weight excluding hydrogens is 116 g/mol. The largest absolute Gasteiger partial charge is 0.295 e. The summed E-state index contributed by atoms with van der Waals surface area (Å²) < 4.78 is 0. The van der Waals surface area contributed by atoms with Crippen molar-refractivity contribution in [1.29, 1.82) is 5.26 Å². The van der Waals surface area contributed by atoms with Crippen molar-refractivity contribution in [2.45, 2.75) is 26.4 Å². The second-order valence-electron chi connectivity index (χ2n) is 2.69. The quantitative estimate of drug-likeness (QED) is 0.340. The van der Waals surface area contributed by atoms with E-state index < -0.39 is 0 Å². The summed E-state index contributed by atoms with van der Waals surface area (Å²) in [5, 5.41) is 8.07. The van der Waals surface area contributed by atoms with Crippen molar-refractivity contribution in [3.05, 3.63) is 0 Å². The van der Waals surface area contributed by atoms with Crippen molar-refractivity contribution < 1.29 is 4.84 Å². The van der Waals surface area contributed by atoms with Crippen molar-refractivity contribution in [1.82, 2.24) is 5.48 Å². The van der Waals surface area contributed by atoms with E-state index in [0.29, 0.717) is 0 Å². The highest BCUT2D eigenvalue weighted by atomic mass is 16.7. The minimum atomic E-state index is -0.211. The minimum absolute atomic E-state index is 0.211. The zero-order chi connectivity index (χ0) is 7.33. The van der Waals surface area contributed by atoms with E-state index in [1.54, 1.807) is 0 Å². The summed E-state index contributed by atoms with van der Waals surface area (Å²) in [6.07, 6.45) is 0. The first-order chi connectivity index (χ1) is 4.06. The Kier molecular flexibility index (Phi) is 3.21. The summed E-state index contributed by atoms with van der Waals surface area (Å²) in [7, 11) is 0. The highest BCUT2D eigenvalue weighted by Crippen LogP contribution is 2.02. The van der Waals surface area contributed by atoms with E-state index in [1.165, 1.54) is 0 Å². The summed E-state index contributed by atoms with van der Waals surface area (Å²) in [6, 6.07) is 1.90. The van der Waals surface area contributed by atoms with Crippen LogP contribution in [0.5, 0.6) is 0 Å². The molecule has 0 radical (unpaired) electrons. The predicted molar refractivity (Wildman–Crippen MR) is 34.5 cm³/mol. The fourth-order valence-corrected chi connectivity index (χ4v) is 0.285. The molecule has 0 aliphatic heterocycles. The van der Waals surface area contributed by atoms with Gasteiger partial charge in [-0.25, -0.2) is 0 Å². The Balaban J connectivity index is 3.20. The van der Waals surface area contributed by atoms with Crippen LogP contribution in [0.1, 0.15) is 20.8 Å². The molecule has 0 amide bonds. The van der Waals surface area contributed by atoms with Crippen LogP contribution in [-0.2, 0) is 4.84 Å². The summed E-state index contributed by atoms with van der Waals surface area (Å²) in [4.78, 5) is 5.00. The SMILES string of the molecule is CC(C)(C)ONCC#N. The average molecular weight is 128 g/mol. The number of hydrogen-bond donors (Lipinski definition) is 1. The molecule has 0 aromatic heterocycles. The van der Waals surface area contributed by atoms with Gasteiger partial charge in [-0.1, -0.05) is 0 Å². The van der Waals surface area contributed by atoms with Crippen LogP contribution >= 0.6 is 0 Å². The standard InChI is InChI=1S/C6H12N2O/c1-6(2,3)9-8-5-4-7/h8H,5H2,1-3H3. The number of nitrogens with one attached hydrogen (secondary N) is 1. The summed E-state index contributed by atoms with van der Waals surface area (Å²) in [6.45, 7) is 5.98. The van der Waals surface area contributed by atoms with Crippen LogP contribution in [0, 0.1) is 11.3 Å². The highest BCUT2D eigenvalue weighted by molar-refractivity contribution is 4.70. The lowest BCUT2D eigenvalue weighted by Crippen LogP contribution is -2.29. The molecule has 0 rings (SSSR count). The van der Waals surface area contributed by atoms with Gasteiger partial charge < -0.3 is 0 Å². The molecule has 0 aliphatic carbocycles. The van der Waals surface area contributed by atoms with E-state index >= 15 is 0 Å². The van der Waals surface area contributed by atoms with Crippen LogP contribution in [-0.4, -0.2) is 12.1 Å². The smallest absolute Gasteiger partial charge is 0.108 e. The second kappa shape index (κ2) is 3.44. The monoisotopic (exact) mass is 128 g/mol. The van der Waals surface area contributed by atoms with E-state index in [-0.39, 0.29) is 12.1 Å². The van der Waals surface area contributed by atoms with Crippen molar-refractivity contribution in [2.24, 2.45) is 0 Å². The van der Waals surface area contributed by atoms with Crippen molar-refractivity contribution in [2.75, 3.05) is 6.54 Å². The van der Waals surface area contributed by atoms with Crippen LogP contribution in [0.15, 0.2) is 0 Å². The third kappa shape index (κ3) is 7.41. The number of nitriles is 1. The molecule has 0 spiro atoms. The zero-order valence-electron chi connectivity index (χ0n) is 6.06. The Morgan fingerprint density at radius 3 is 2.44 bits per heavy atom. The Morgan fingerprint density at radius 1 is 1.56 bits per heavy atom. The van der Waals surface area contributed by atoms with Crippen LogP contribution < -0.4 is 5.48 Å². The first-order valence-corrected chi connectivity index (χ1v) is 2.84. The van der Waals surface area contributed by atoms with Gasteiger partial charge in [0, 0.05) is 0 Å². The van der Waals surface area contributed by atoms with Gasteiger partial charge in [-0.15, -0.1) is 0 Å². The molecule has 0 saturated heterocycles. The summed E-state index contributed by atoms with van der Waals surface area (Å²) >= 11 is 0. The maximum absolute atomic E-state index is 8.07. The number of hydroxylamine groups is 1. The molecule has 0 fully saturated rings. The van der Waals surface area contributed by atoms with Crippen molar-refractivity contribution >= 4 is 0 Å². The van der Waals surface area contributed by atoms with E-state index in [4.69, 9.17) is 10.1 Å². The normalized spacial score (nSPS) is 10.9. The van der Waals surface area contributed by atoms with Gasteiger partial charge in [-0.2, -0.15) is 10.7 Å². The molecule has 9 heavy (non-hydrogen) atoms. The Morgan fingerprint density at radius 2 is 2.11 bits per heavy atom. The van der Waals surface area contributed by atoms with Crippen LogP contribution in [0.3, 0.4) is 0 Å². The lowest BCUT2D eigenvalue weighted by molar-refractivity contribution is -0.0671. The van der Waals surface area contributed by atoms with E-state index in [0.717, 1.165) is 0 Å². The van der Waals surface area contributed by atoms with Crippen molar-refractivity contribution in [3.8, 4) is 6.07 Å². The van der Waals surface area contributed by atoms with Gasteiger partial charge >= 0.3 is 0 Å². The molecule has 0 aromatic carbocycles. The molecule has 0 aliphatic rings. The first kappa shape index (κ1) is 8.41. The first-order valence-electron chi connectivity index (χ1n) is 2.84. The Bertz CT molecular complexity index is 109. The fourth-order valence-electron chi connectivity index (χ4n) is 0.285. The molecule has 3 nitrogen and oxygen atoms in total. The topological polar surface area (TPSA) is 45.0 Å². The number of rotatable bonds is 2. The maximum atomic E-state index is 8.07. The molecular formula is C6H12N2O. The van der Waals surface area contributed by atoms with Crippen LogP contribution in [0.2, 0.25) is 0 Å². The van der Waals surface area contributed by atoms with Gasteiger partial charge in [0.25, 0.3) is 0 Å². The third-order valence-corrected chi connectivity index (χ3v) is 0.530. The van der Waals surface area contributed by atoms with E-state index in [9.17, 15) is 0 Å². The summed E-state index contributed by atoms with van der Waals surface area (Å²) in [5.41, 5.74) is 2.30. The molecule has 0 heterocycles. The highest BCUT2D eigenvalue weighted by Gasteiger charge is 2.08. The number of hydrogen-bond acceptors (Lipinski definition) is 3. The van der Waals surface area contributed by atoms with Gasteiger partial charge in [0.1, 0.15) is 6.54 Å². The van der Waals surface area contributed by atoms with Gasteiger partial charge in [-0.3, -0.25) is 4.84 Å². The molecule has 0 aromatic rings. The van der Waals surface area contributed by atoms with Gasteiger partial charge in [-0.05, 0) is 20.8 Å². The summed E-state index contributed by atoms with van der Waals surface area (Å²) in [5.74, 6) is 0.